The molecule has 0 spiro atoms. The second kappa shape index (κ2) is 7.08. The fraction of sp³-hybridized carbons (Fsp3) is 0.368. The zero-order valence-corrected chi connectivity index (χ0v) is 16.5. The third kappa shape index (κ3) is 3.39. The number of piperidine rings is 1. The summed E-state index contributed by atoms with van der Waals surface area (Å²) in [5.41, 5.74) is -0.384. The zero-order chi connectivity index (χ0) is 20.1. The van der Waals surface area contributed by atoms with E-state index in [-0.39, 0.29) is 16.5 Å². The summed E-state index contributed by atoms with van der Waals surface area (Å²) in [5.74, 6) is 0.0939. The Morgan fingerprint density at radius 1 is 1.29 bits per heavy atom. The molecule has 0 radical (unpaired) electrons. The minimum Gasteiger partial charge on any atom is -0.337 e. The first-order chi connectivity index (χ1) is 13.3. The number of pyridine rings is 1. The summed E-state index contributed by atoms with van der Waals surface area (Å²) in [6.45, 7) is 3.22. The van der Waals surface area contributed by atoms with Gasteiger partial charge in [-0.05, 0) is 52.8 Å². The number of thiophene rings is 1. The minimum absolute atomic E-state index is 0.0961. The predicted octanol–water partition coefficient (Wildman–Crippen LogP) is 5.61. The van der Waals surface area contributed by atoms with Crippen LogP contribution in [0.15, 0.2) is 29.1 Å². The summed E-state index contributed by atoms with van der Waals surface area (Å²) >= 11 is 7.73. The summed E-state index contributed by atoms with van der Waals surface area (Å²) in [6, 6.07) is 2.79. The molecule has 1 amide bonds. The molecule has 0 N–H and O–H groups in total. The van der Waals surface area contributed by atoms with Crippen LogP contribution in [0.2, 0.25) is 5.15 Å². The Bertz CT molecular complexity index is 1020. The van der Waals surface area contributed by atoms with Crippen LogP contribution in [-0.4, -0.2) is 33.3 Å². The summed E-state index contributed by atoms with van der Waals surface area (Å²) in [7, 11) is 0. The average Bonchev–Trinajstić information content (AvgIpc) is 3.29. The normalized spacial score (nSPS) is 16.1. The van der Waals surface area contributed by atoms with Crippen molar-refractivity contribution in [2.75, 3.05) is 13.1 Å². The minimum atomic E-state index is -4.62. The van der Waals surface area contributed by atoms with Gasteiger partial charge in [0, 0.05) is 19.3 Å². The van der Waals surface area contributed by atoms with Crippen LogP contribution in [0.4, 0.5) is 13.2 Å². The molecule has 1 saturated heterocycles. The van der Waals surface area contributed by atoms with Crippen molar-refractivity contribution in [1.82, 2.24) is 14.3 Å². The van der Waals surface area contributed by atoms with E-state index in [1.807, 2.05) is 0 Å². The Kier molecular flexibility index (Phi) is 4.87. The molecule has 4 rings (SSSR count). The second-order valence-corrected chi connectivity index (χ2v) is 8.21. The van der Waals surface area contributed by atoms with Gasteiger partial charge in [0.25, 0.3) is 5.91 Å². The van der Waals surface area contributed by atoms with E-state index >= 15 is 0 Å². The van der Waals surface area contributed by atoms with E-state index in [9.17, 15) is 18.0 Å². The maximum Gasteiger partial charge on any atom is 0.420 e. The Hall–Kier alpha value is -2.06. The molecule has 1 aliphatic rings. The van der Waals surface area contributed by atoms with Crippen LogP contribution >= 0.6 is 22.9 Å². The van der Waals surface area contributed by atoms with Crippen LogP contribution in [-0.2, 0) is 6.18 Å². The standard InChI is InChI=1S/C19H17ClF3N3OS/c1-11-2-5-25(6-3-11)18(27)15-16(20)26-9-13(12-4-7-28-10-12)8-14(17(26)24-15)19(21,22)23/h4,7-11H,2-3,5-6H2,1H3. The van der Waals surface area contributed by atoms with Gasteiger partial charge in [0.1, 0.15) is 5.15 Å². The molecule has 0 aromatic carbocycles. The van der Waals surface area contributed by atoms with Crippen molar-refractivity contribution in [3.63, 3.8) is 0 Å². The van der Waals surface area contributed by atoms with Crippen molar-refractivity contribution in [3.8, 4) is 11.1 Å². The van der Waals surface area contributed by atoms with E-state index in [4.69, 9.17) is 11.6 Å². The third-order valence-electron chi connectivity index (χ3n) is 5.10. The third-order valence-corrected chi connectivity index (χ3v) is 6.14. The Labute approximate surface area is 168 Å². The molecular formula is C19H17ClF3N3OS. The van der Waals surface area contributed by atoms with Crippen LogP contribution in [0.3, 0.4) is 0 Å². The highest BCUT2D eigenvalue weighted by Crippen LogP contribution is 2.37. The monoisotopic (exact) mass is 427 g/mol. The van der Waals surface area contributed by atoms with Gasteiger partial charge in [-0.15, -0.1) is 0 Å². The topological polar surface area (TPSA) is 37.6 Å². The van der Waals surface area contributed by atoms with E-state index < -0.39 is 17.6 Å². The largest absolute Gasteiger partial charge is 0.420 e. The van der Waals surface area contributed by atoms with Crippen molar-refractivity contribution < 1.29 is 18.0 Å². The highest BCUT2D eigenvalue weighted by Gasteiger charge is 2.36. The molecular weight excluding hydrogens is 411 g/mol. The fourth-order valence-electron chi connectivity index (χ4n) is 3.41. The number of hydrogen-bond acceptors (Lipinski definition) is 3. The summed E-state index contributed by atoms with van der Waals surface area (Å²) in [5, 5.41) is 3.45. The van der Waals surface area contributed by atoms with Gasteiger partial charge in [0.15, 0.2) is 11.3 Å². The number of fused-ring (bicyclic) bond motifs is 1. The zero-order valence-electron chi connectivity index (χ0n) is 15.0. The molecule has 1 aliphatic heterocycles. The molecule has 148 valence electrons. The van der Waals surface area contributed by atoms with Gasteiger partial charge in [0.2, 0.25) is 0 Å². The molecule has 4 heterocycles. The lowest BCUT2D eigenvalue weighted by Crippen LogP contribution is -2.38. The van der Waals surface area contributed by atoms with Gasteiger partial charge in [-0.2, -0.15) is 24.5 Å². The van der Waals surface area contributed by atoms with Crippen molar-refractivity contribution in [3.05, 3.63) is 45.5 Å². The van der Waals surface area contributed by atoms with Crippen LogP contribution in [0.25, 0.3) is 16.8 Å². The molecule has 3 aromatic rings. The van der Waals surface area contributed by atoms with Crippen LogP contribution in [0.5, 0.6) is 0 Å². The van der Waals surface area contributed by atoms with Gasteiger partial charge < -0.3 is 4.90 Å². The number of rotatable bonds is 2. The smallest absolute Gasteiger partial charge is 0.337 e. The molecule has 28 heavy (non-hydrogen) atoms. The Morgan fingerprint density at radius 2 is 2.00 bits per heavy atom. The molecule has 0 atom stereocenters. The lowest BCUT2D eigenvalue weighted by molar-refractivity contribution is -0.136. The molecule has 9 heteroatoms. The van der Waals surface area contributed by atoms with E-state index in [1.54, 1.807) is 21.7 Å². The number of hydrogen-bond donors (Lipinski definition) is 0. The highest BCUT2D eigenvalue weighted by atomic mass is 35.5. The molecule has 3 aromatic heterocycles. The van der Waals surface area contributed by atoms with Gasteiger partial charge in [0.05, 0.1) is 5.56 Å². The number of amides is 1. The SMILES string of the molecule is CC1CCN(C(=O)c2nc3c(C(F)(F)F)cc(-c4ccsc4)cn3c2Cl)CC1. The number of carbonyl (C=O) groups is 1. The fourth-order valence-corrected chi connectivity index (χ4v) is 4.33. The summed E-state index contributed by atoms with van der Waals surface area (Å²) in [4.78, 5) is 18.5. The van der Waals surface area contributed by atoms with E-state index in [1.165, 1.54) is 17.5 Å². The number of aromatic nitrogens is 2. The second-order valence-electron chi connectivity index (χ2n) is 7.07. The molecule has 1 fully saturated rings. The van der Waals surface area contributed by atoms with Crippen molar-refractivity contribution in [2.45, 2.75) is 25.9 Å². The van der Waals surface area contributed by atoms with Gasteiger partial charge >= 0.3 is 6.18 Å². The first kappa shape index (κ1) is 19.3. The maximum atomic E-state index is 13.7. The van der Waals surface area contributed by atoms with Gasteiger partial charge in [-0.1, -0.05) is 18.5 Å². The van der Waals surface area contributed by atoms with E-state index in [0.29, 0.717) is 30.1 Å². The average molecular weight is 428 g/mol. The Morgan fingerprint density at radius 3 is 2.61 bits per heavy atom. The first-order valence-electron chi connectivity index (χ1n) is 8.86. The molecule has 0 bridgehead atoms. The number of imidazole rings is 1. The number of nitrogens with zero attached hydrogens (tertiary/aromatic N) is 3. The number of alkyl halides is 3. The van der Waals surface area contributed by atoms with Gasteiger partial charge in [-0.25, -0.2) is 4.98 Å². The highest BCUT2D eigenvalue weighted by molar-refractivity contribution is 7.08. The molecule has 0 saturated carbocycles. The van der Waals surface area contributed by atoms with E-state index in [2.05, 4.69) is 11.9 Å². The predicted molar refractivity (Wildman–Crippen MR) is 103 cm³/mol. The van der Waals surface area contributed by atoms with E-state index in [0.717, 1.165) is 23.3 Å². The van der Waals surface area contributed by atoms with Gasteiger partial charge in [-0.3, -0.25) is 9.20 Å². The first-order valence-corrected chi connectivity index (χ1v) is 10.2. The summed E-state index contributed by atoms with van der Waals surface area (Å²) in [6.07, 6.45) is -1.42. The quantitative estimate of drug-likeness (QED) is 0.533. The molecule has 4 nitrogen and oxygen atoms in total. The number of carbonyl (C=O) groups excluding carboxylic acids is 1. The number of likely N-dealkylation sites (tertiary alicyclic amines) is 1. The maximum absolute atomic E-state index is 13.7. The molecule has 0 aliphatic carbocycles. The van der Waals surface area contributed by atoms with Crippen molar-refractivity contribution in [1.29, 1.82) is 0 Å². The van der Waals surface area contributed by atoms with Crippen molar-refractivity contribution >= 4 is 34.5 Å². The van der Waals surface area contributed by atoms with Crippen LogP contribution in [0.1, 0.15) is 35.8 Å². The summed E-state index contributed by atoms with van der Waals surface area (Å²) < 4.78 is 42.2. The Balaban J connectivity index is 1.84. The molecule has 0 unspecified atom stereocenters. The lowest BCUT2D eigenvalue weighted by Gasteiger charge is -2.29. The number of halogens is 4. The van der Waals surface area contributed by atoms with Crippen molar-refractivity contribution in [2.24, 2.45) is 5.92 Å². The van der Waals surface area contributed by atoms with Crippen LogP contribution < -0.4 is 0 Å². The van der Waals surface area contributed by atoms with Crippen LogP contribution in [0, 0.1) is 5.92 Å². The lowest BCUT2D eigenvalue weighted by atomic mass is 9.99.